The molecule has 0 aromatic carbocycles. The van der Waals surface area contributed by atoms with Crippen molar-refractivity contribution in [2.75, 3.05) is 19.6 Å². The lowest BCUT2D eigenvalue weighted by atomic mass is 9.95. The number of aryl methyl sites for hydroxylation is 2. The number of β-amino-alcohol motifs (C(OH)–C–C–N with tert-alkyl or cyclic N) is 1. The summed E-state index contributed by atoms with van der Waals surface area (Å²) in [7, 11) is 0. The van der Waals surface area contributed by atoms with E-state index in [4.69, 9.17) is 0 Å². The first-order chi connectivity index (χ1) is 10.6. The van der Waals surface area contributed by atoms with Crippen molar-refractivity contribution < 1.29 is 5.11 Å². The van der Waals surface area contributed by atoms with Crippen molar-refractivity contribution in [1.82, 2.24) is 14.7 Å². The van der Waals surface area contributed by atoms with Crippen LogP contribution in [0.2, 0.25) is 0 Å². The zero-order valence-electron chi connectivity index (χ0n) is 13.1. The molecule has 0 bridgehead atoms. The summed E-state index contributed by atoms with van der Waals surface area (Å²) in [6.45, 7) is 3.48. The highest BCUT2D eigenvalue weighted by Crippen LogP contribution is 2.32. The molecule has 0 amide bonds. The standard InChI is InChI=1S/C17H25N3O2/c21-16-8-14-4-3-5-15(14)18-20(16)11-13-9-19(10-13)12-17(22)6-1-2-7-17/h8,13,22H,1-7,9-12H2. The summed E-state index contributed by atoms with van der Waals surface area (Å²) in [6.07, 6.45) is 7.35. The van der Waals surface area contributed by atoms with Crippen LogP contribution in [0.3, 0.4) is 0 Å². The largest absolute Gasteiger partial charge is 0.389 e. The van der Waals surface area contributed by atoms with Crippen LogP contribution in [-0.2, 0) is 19.4 Å². The van der Waals surface area contributed by atoms with Crippen molar-refractivity contribution in [3.63, 3.8) is 0 Å². The molecule has 1 saturated heterocycles. The fourth-order valence-electron chi connectivity index (χ4n) is 4.34. The fourth-order valence-corrected chi connectivity index (χ4v) is 4.34. The summed E-state index contributed by atoms with van der Waals surface area (Å²) in [4.78, 5) is 14.4. The molecule has 3 aliphatic rings. The Morgan fingerprint density at radius 1 is 1.23 bits per heavy atom. The molecule has 2 fully saturated rings. The lowest BCUT2D eigenvalue weighted by Crippen LogP contribution is -2.54. The maximum absolute atomic E-state index is 12.1. The van der Waals surface area contributed by atoms with Gasteiger partial charge < -0.3 is 5.11 Å². The third-order valence-electron chi connectivity index (χ3n) is 5.54. The zero-order valence-corrected chi connectivity index (χ0v) is 13.1. The molecule has 120 valence electrons. The minimum absolute atomic E-state index is 0.0496. The molecule has 1 aromatic heterocycles. The molecule has 0 unspecified atom stereocenters. The van der Waals surface area contributed by atoms with E-state index in [1.165, 1.54) is 0 Å². The van der Waals surface area contributed by atoms with Gasteiger partial charge in [0.25, 0.3) is 5.56 Å². The van der Waals surface area contributed by atoms with Gasteiger partial charge in [-0.1, -0.05) is 12.8 Å². The molecule has 1 aromatic rings. The normalized spacial score (nSPS) is 24.4. The number of rotatable bonds is 4. The van der Waals surface area contributed by atoms with E-state index in [-0.39, 0.29) is 5.56 Å². The lowest BCUT2D eigenvalue weighted by Gasteiger charge is -2.42. The number of fused-ring (bicyclic) bond motifs is 1. The number of hydrogen-bond donors (Lipinski definition) is 1. The fraction of sp³-hybridized carbons (Fsp3) is 0.765. The first-order valence-corrected chi connectivity index (χ1v) is 8.66. The summed E-state index contributed by atoms with van der Waals surface area (Å²) in [5.41, 5.74) is 1.87. The van der Waals surface area contributed by atoms with Crippen molar-refractivity contribution in [2.24, 2.45) is 5.92 Å². The van der Waals surface area contributed by atoms with Gasteiger partial charge in [-0.2, -0.15) is 5.10 Å². The SMILES string of the molecule is O=c1cc2c(nn1CC1CN(CC3(O)CCCC3)C1)CCC2. The Hall–Kier alpha value is -1.20. The molecule has 5 nitrogen and oxygen atoms in total. The Balaban J connectivity index is 1.34. The second kappa shape index (κ2) is 5.46. The Morgan fingerprint density at radius 3 is 2.77 bits per heavy atom. The van der Waals surface area contributed by atoms with Gasteiger partial charge in [0, 0.05) is 31.6 Å². The Morgan fingerprint density at radius 2 is 2.00 bits per heavy atom. The predicted octanol–water partition coefficient (Wildman–Crippen LogP) is 0.969. The Kier molecular flexibility index (Phi) is 3.57. The van der Waals surface area contributed by atoms with Crippen molar-refractivity contribution in [2.45, 2.75) is 57.1 Å². The number of nitrogens with zero attached hydrogens (tertiary/aromatic N) is 3. The minimum Gasteiger partial charge on any atom is -0.389 e. The Labute approximate surface area is 130 Å². The van der Waals surface area contributed by atoms with Gasteiger partial charge in [0.05, 0.1) is 17.8 Å². The van der Waals surface area contributed by atoms with Gasteiger partial charge in [-0.05, 0) is 37.7 Å². The molecular weight excluding hydrogens is 278 g/mol. The molecule has 22 heavy (non-hydrogen) atoms. The average Bonchev–Trinajstić information content (AvgIpc) is 3.05. The van der Waals surface area contributed by atoms with Gasteiger partial charge in [-0.3, -0.25) is 9.69 Å². The molecule has 1 aliphatic heterocycles. The van der Waals surface area contributed by atoms with Gasteiger partial charge in [-0.25, -0.2) is 4.68 Å². The molecule has 2 heterocycles. The lowest BCUT2D eigenvalue weighted by molar-refractivity contribution is -0.0303. The highest BCUT2D eigenvalue weighted by Gasteiger charge is 2.37. The molecule has 0 atom stereocenters. The van der Waals surface area contributed by atoms with Gasteiger partial charge in [-0.15, -0.1) is 0 Å². The number of aromatic nitrogens is 2. The topological polar surface area (TPSA) is 58.4 Å². The first kappa shape index (κ1) is 14.4. The third-order valence-corrected chi connectivity index (χ3v) is 5.54. The van der Waals surface area contributed by atoms with E-state index in [1.54, 1.807) is 10.7 Å². The highest BCUT2D eigenvalue weighted by molar-refractivity contribution is 5.22. The highest BCUT2D eigenvalue weighted by atomic mass is 16.3. The molecular formula is C17H25N3O2. The molecule has 1 saturated carbocycles. The average molecular weight is 303 g/mol. The third kappa shape index (κ3) is 2.72. The van der Waals surface area contributed by atoms with E-state index in [2.05, 4.69) is 10.00 Å². The quantitative estimate of drug-likeness (QED) is 0.900. The van der Waals surface area contributed by atoms with Crippen LogP contribution in [0.15, 0.2) is 10.9 Å². The maximum atomic E-state index is 12.1. The van der Waals surface area contributed by atoms with Crippen molar-refractivity contribution in [3.05, 3.63) is 27.7 Å². The summed E-state index contributed by atoms with van der Waals surface area (Å²) in [5.74, 6) is 0.495. The molecule has 0 radical (unpaired) electrons. The van der Waals surface area contributed by atoms with Crippen LogP contribution in [0.5, 0.6) is 0 Å². The van der Waals surface area contributed by atoms with Crippen molar-refractivity contribution in [3.8, 4) is 0 Å². The summed E-state index contributed by atoms with van der Waals surface area (Å²) < 4.78 is 1.66. The Bertz CT molecular complexity index is 613. The molecule has 2 aliphatic carbocycles. The van der Waals surface area contributed by atoms with Crippen LogP contribution in [0, 0.1) is 5.92 Å². The summed E-state index contributed by atoms with van der Waals surface area (Å²) in [5, 5.41) is 15.0. The molecule has 1 N–H and O–H groups in total. The monoisotopic (exact) mass is 303 g/mol. The molecule has 4 rings (SSSR count). The summed E-state index contributed by atoms with van der Waals surface area (Å²) >= 11 is 0. The van der Waals surface area contributed by atoms with Crippen molar-refractivity contribution in [1.29, 1.82) is 0 Å². The van der Waals surface area contributed by atoms with Crippen LogP contribution >= 0.6 is 0 Å². The van der Waals surface area contributed by atoms with E-state index >= 15 is 0 Å². The van der Waals surface area contributed by atoms with E-state index < -0.39 is 5.60 Å². The van der Waals surface area contributed by atoms with Crippen LogP contribution in [0.4, 0.5) is 0 Å². The van der Waals surface area contributed by atoms with Crippen LogP contribution in [-0.4, -0.2) is 45.0 Å². The van der Waals surface area contributed by atoms with Crippen LogP contribution in [0.1, 0.15) is 43.4 Å². The van der Waals surface area contributed by atoms with Gasteiger partial charge in [0.1, 0.15) is 0 Å². The van der Waals surface area contributed by atoms with E-state index in [9.17, 15) is 9.90 Å². The van der Waals surface area contributed by atoms with E-state index in [1.807, 2.05) is 0 Å². The second-order valence-electron chi connectivity index (χ2n) is 7.48. The van der Waals surface area contributed by atoms with Crippen LogP contribution in [0.25, 0.3) is 0 Å². The van der Waals surface area contributed by atoms with Gasteiger partial charge in [0.2, 0.25) is 0 Å². The summed E-state index contributed by atoms with van der Waals surface area (Å²) in [6, 6.07) is 1.78. The molecule has 5 heteroatoms. The number of aliphatic hydroxyl groups is 1. The number of likely N-dealkylation sites (tertiary alicyclic amines) is 1. The maximum Gasteiger partial charge on any atom is 0.267 e. The van der Waals surface area contributed by atoms with Gasteiger partial charge in [0.15, 0.2) is 0 Å². The minimum atomic E-state index is -0.451. The number of hydrogen-bond acceptors (Lipinski definition) is 4. The van der Waals surface area contributed by atoms with E-state index in [0.717, 1.165) is 82.4 Å². The van der Waals surface area contributed by atoms with Crippen LogP contribution < -0.4 is 5.56 Å². The second-order valence-corrected chi connectivity index (χ2v) is 7.48. The zero-order chi connectivity index (χ0) is 15.2. The first-order valence-electron chi connectivity index (χ1n) is 8.66. The smallest absolute Gasteiger partial charge is 0.267 e. The van der Waals surface area contributed by atoms with Gasteiger partial charge >= 0.3 is 0 Å². The predicted molar refractivity (Wildman–Crippen MR) is 83.9 cm³/mol. The van der Waals surface area contributed by atoms with Crippen molar-refractivity contribution >= 4 is 0 Å². The molecule has 0 spiro atoms. The van der Waals surface area contributed by atoms with E-state index in [0.29, 0.717) is 5.92 Å².